The van der Waals surface area contributed by atoms with Gasteiger partial charge >= 0.3 is 12.2 Å². The Labute approximate surface area is 198 Å². The molecule has 0 aliphatic rings. The third kappa shape index (κ3) is 7.97. The van der Waals surface area contributed by atoms with Crippen molar-refractivity contribution in [2.75, 3.05) is 0 Å². The van der Waals surface area contributed by atoms with Crippen LogP contribution in [0.3, 0.4) is 0 Å². The number of nitrogens with zero attached hydrogens (tertiary/aromatic N) is 2. The summed E-state index contributed by atoms with van der Waals surface area (Å²) in [6.07, 6.45) is 2.98. The van der Waals surface area contributed by atoms with Crippen LogP contribution < -0.4 is 10.6 Å². The maximum absolute atomic E-state index is 13.2. The van der Waals surface area contributed by atoms with Crippen LogP contribution in [0.2, 0.25) is 0 Å². The van der Waals surface area contributed by atoms with Gasteiger partial charge in [-0.25, -0.2) is 4.79 Å². The number of benzene rings is 1. The van der Waals surface area contributed by atoms with Gasteiger partial charge in [0.2, 0.25) is 17.6 Å². The van der Waals surface area contributed by atoms with Gasteiger partial charge in [0.05, 0.1) is 6.10 Å². The maximum atomic E-state index is 13.2. The molecule has 0 aliphatic carbocycles. The molecule has 1 aromatic carbocycles. The average molecular weight is 470 g/mol. The zero-order valence-corrected chi connectivity index (χ0v) is 19.7. The number of ketones is 1. The Morgan fingerprint density at radius 2 is 1.85 bits per heavy atom. The number of ether oxygens (including phenoxy) is 1. The highest BCUT2D eigenvalue weighted by Crippen LogP contribution is 2.19. The van der Waals surface area contributed by atoms with Gasteiger partial charge in [-0.15, -0.1) is 0 Å². The van der Waals surface area contributed by atoms with Crippen molar-refractivity contribution in [1.82, 2.24) is 15.6 Å². The number of amides is 2. The molecule has 1 heterocycles. The first-order chi connectivity index (χ1) is 16.2. The van der Waals surface area contributed by atoms with E-state index in [1.807, 2.05) is 31.2 Å². The van der Waals surface area contributed by atoms with Crippen molar-refractivity contribution >= 4 is 40.7 Å². The minimum atomic E-state index is -1.11. The van der Waals surface area contributed by atoms with Gasteiger partial charge in [0.25, 0.3) is 0 Å². The van der Waals surface area contributed by atoms with Gasteiger partial charge in [-0.3, -0.25) is 14.4 Å². The van der Waals surface area contributed by atoms with Crippen molar-refractivity contribution in [3.63, 3.8) is 0 Å². The number of carbonyl (C=O) groups excluding carboxylic acids is 4. The number of Topliss-reactive ketones (excluding diaryl/α,β-unsaturated/α-hetero) is 1. The normalized spacial score (nSPS) is 12.5. The van der Waals surface area contributed by atoms with Crippen LogP contribution in [0.25, 0.3) is 16.4 Å². The Kier molecular flexibility index (Phi) is 10.2. The number of aromatic amines is 1. The quantitative estimate of drug-likeness (QED) is 0.177. The van der Waals surface area contributed by atoms with E-state index in [1.165, 1.54) is 0 Å². The summed E-state index contributed by atoms with van der Waals surface area (Å²) in [5.41, 5.74) is 10.3. The van der Waals surface area contributed by atoms with Crippen molar-refractivity contribution < 1.29 is 28.7 Å². The van der Waals surface area contributed by atoms with Crippen LogP contribution in [0.5, 0.6) is 0 Å². The fourth-order valence-electron chi connectivity index (χ4n) is 3.47. The molecule has 0 saturated heterocycles. The molecule has 1 aromatic heterocycles. The van der Waals surface area contributed by atoms with E-state index in [2.05, 4.69) is 20.4 Å². The van der Waals surface area contributed by atoms with Crippen molar-refractivity contribution in [2.45, 2.75) is 71.1 Å². The van der Waals surface area contributed by atoms with Gasteiger partial charge in [-0.1, -0.05) is 25.1 Å². The molecule has 3 N–H and O–H groups in total. The first-order valence-electron chi connectivity index (χ1n) is 11.3. The van der Waals surface area contributed by atoms with Gasteiger partial charge in [-0.05, 0) is 38.3 Å². The van der Waals surface area contributed by atoms with Crippen molar-refractivity contribution in [2.24, 2.45) is 0 Å². The number of hydrogen-bond acceptors (Lipinski definition) is 5. The Balaban J connectivity index is 2.24. The molecule has 10 heteroatoms. The fourth-order valence-corrected chi connectivity index (χ4v) is 3.47. The molecule has 0 spiro atoms. The van der Waals surface area contributed by atoms with Gasteiger partial charge in [0.1, 0.15) is 12.1 Å². The second-order valence-electron chi connectivity index (χ2n) is 8.23. The summed E-state index contributed by atoms with van der Waals surface area (Å²) in [6.45, 7) is 5.20. The second-order valence-corrected chi connectivity index (χ2v) is 8.23. The van der Waals surface area contributed by atoms with E-state index in [-0.39, 0.29) is 31.6 Å². The molecule has 0 fully saturated rings. The Hall–Kier alpha value is -3.78. The second kappa shape index (κ2) is 13.1. The summed E-state index contributed by atoms with van der Waals surface area (Å²) in [5, 5.41) is 6.31. The van der Waals surface area contributed by atoms with Crippen LogP contribution in [0.15, 0.2) is 30.5 Å². The monoisotopic (exact) mass is 469 g/mol. The van der Waals surface area contributed by atoms with Crippen LogP contribution in [0.1, 0.15) is 52.0 Å². The summed E-state index contributed by atoms with van der Waals surface area (Å²) in [7, 11) is 0. The summed E-state index contributed by atoms with van der Waals surface area (Å²) >= 11 is 0. The van der Waals surface area contributed by atoms with E-state index in [9.17, 15) is 19.2 Å². The van der Waals surface area contributed by atoms with Gasteiger partial charge in [0, 0.05) is 36.4 Å². The molecule has 2 aromatic rings. The smallest absolute Gasteiger partial charge is 0.328 e. The number of nitrogens with one attached hydrogen (secondary N) is 3. The van der Waals surface area contributed by atoms with Crippen LogP contribution in [-0.4, -0.2) is 57.7 Å². The van der Waals surface area contributed by atoms with E-state index in [0.717, 1.165) is 22.7 Å². The molecule has 2 atom stereocenters. The average Bonchev–Trinajstić information content (AvgIpc) is 3.18. The summed E-state index contributed by atoms with van der Waals surface area (Å²) < 4.78 is 5.23. The van der Waals surface area contributed by atoms with Crippen LogP contribution in [0.4, 0.5) is 0 Å². The first-order valence-corrected chi connectivity index (χ1v) is 11.3. The van der Waals surface area contributed by atoms with Crippen LogP contribution in [-0.2, 0) is 30.3 Å². The number of aromatic nitrogens is 1. The lowest BCUT2D eigenvalue weighted by molar-refractivity contribution is -0.152. The maximum Gasteiger partial charge on any atom is 0.328 e. The number of para-hydroxylation sites is 1. The van der Waals surface area contributed by atoms with Gasteiger partial charge < -0.3 is 25.9 Å². The van der Waals surface area contributed by atoms with E-state index in [0.29, 0.717) is 6.42 Å². The Morgan fingerprint density at radius 1 is 1.12 bits per heavy atom. The fraction of sp³-hybridized carbons (Fsp3) is 0.458. The first kappa shape index (κ1) is 26.5. The predicted molar refractivity (Wildman–Crippen MR) is 126 cm³/mol. The zero-order valence-electron chi connectivity index (χ0n) is 19.7. The van der Waals surface area contributed by atoms with Crippen LogP contribution in [0, 0.1) is 0 Å². The molecule has 0 radical (unpaired) electrons. The van der Waals surface area contributed by atoms with E-state index < -0.39 is 35.8 Å². The van der Waals surface area contributed by atoms with Crippen LogP contribution >= 0.6 is 0 Å². The number of rotatable bonds is 13. The zero-order chi connectivity index (χ0) is 25.1. The van der Waals surface area contributed by atoms with Gasteiger partial charge in [0.15, 0.2) is 0 Å². The molecule has 0 aliphatic heterocycles. The highest BCUT2D eigenvalue weighted by Gasteiger charge is 2.29. The SMILES string of the molecule is CCCC(=O)N[C@@H](Cc1c[nH]c2ccccc12)C(=O)N[C@@H](CCC(=O)C=[N+]=[N-])C(=O)OC(C)C. The van der Waals surface area contributed by atoms with Crippen molar-refractivity contribution in [3.8, 4) is 0 Å². The number of H-pyrrole nitrogens is 1. The lowest BCUT2D eigenvalue weighted by atomic mass is 10.0. The molecule has 0 bridgehead atoms. The predicted octanol–water partition coefficient (Wildman–Crippen LogP) is 2.08. The summed E-state index contributed by atoms with van der Waals surface area (Å²) in [6, 6.07) is 5.55. The molecule has 0 unspecified atom stereocenters. The lowest BCUT2D eigenvalue weighted by Crippen LogP contribution is -2.53. The third-order valence-corrected chi connectivity index (χ3v) is 5.06. The number of esters is 1. The minimum absolute atomic E-state index is 0.0507. The largest absolute Gasteiger partial charge is 0.461 e. The standard InChI is InChI=1S/C24H31N5O5/c1-4-7-22(31)28-21(12-16-13-26-19-9-6-5-8-18(16)19)23(32)29-20(24(33)34-15(2)3)11-10-17(30)14-27-25/h5-6,8-9,13-15,20-21,26H,4,7,10-12H2,1-3H3,(H,28,31)(H,29,32)/t20-,21-/m0/s1. The number of carbonyl (C=O) groups is 4. The number of fused-ring (bicyclic) bond motifs is 1. The highest BCUT2D eigenvalue weighted by atomic mass is 16.5. The molecular weight excluding hydrogens is 438 g/mol. The molecule has 2 rings (SSSR count). The van der Waals surface area contributed by atoms with Crippen molar-refractivity contribution in [1.29, 1.82) is 0 Å². The third-order valence-electron chi connectivity index (χ3n) is 5.06. The molecule has 2 amide bonds. The van der Waals surface area contributed by atoms with Crippen molar-refractivity contribution in [3.05, 3.63) is 41.6 Å². The Bertz CT molecular complexity index is 1070. The van der Waals surface area contributed by atoms with E-state index in [4.69, 9.17) is 10.3 Å². The molecule has 34 heavy (non-hydrogen) atoms. The molecular formula is C24H31N5O5. The minimum Gasteiger partial charge on any atom is -0.461 e. The summed E-state index contributed by atoms with van der Waals surface area (Å²) in [5.74, 6) is -2.05. The van der Waals surface area contributed by atoms with E-state index >= 15 is 0 Å². The molecule has 0 saturated carbocycles. The summed E-state index contributed by atoms with van der Waals surface area (Å²) in [4.78, 5) is 55.7. The van der Waals surface area contributed by atoms with Gasteiger partial charge in [-0.2, -0.15) is 4.79 Å². The number of hydrogen-bond donors (Lipinski definition) is 3. The molecule has 10 nitrogen and oxygen atoms in total. The Morgan fingerprint density at radius 3 is 2.53 bits per heavy atom. The topological polar surface area (TPSA) is 154 Å². The molecule has 182 valence electrons. The lowest BCUT2D eigenvalue weighted by Gasteiger charge is -2.23. The highest BCUT2D eigenvalue weighted by molar-refractivity contribution is 6.25. The van der Waals surface area contributed by atoms with E-state index in [1.54, 1.807) is 20.0 Å².